The largest absolute Gasteiger partial charge is 0.324 e. The first kappa shape index (κ1) is 16.0. The topological polar surface area (TPSA) is 41.1 Å². The molecule has 5 heteroatoms. The summed E-state index contributed by atoms with van der Waals surface area (Å²) < 4.78 is 0.859. The molecule has 2 N–H and O–H groups in total. The second-order valence-electron chi connectivity index (χ2n) is 4.65. The molecule has 2 aromatic rings. The number of amides is 1. The van der Waals surface area contributed by atoms with E-state index in [0.717, 1.165) is 15.7 Å². The molecule has 0 radical (unpaired) electrons. The van der Waals surface area contributed by atoms with Crippen LogP contribution >= 0.6 is 27.5 Å². The Kier molecular flexibility index (Phi) is 5.79. The predicted octanol–water partition coefficient (Wildman–Crippen LogP) is 4.39. The molecule has 2 rings (SSSR count). The Hall–Kier alpha value is -1.36. The second-order valence-corrected chi connectivity index (χ2v) is 5.91. The van der Waals surface area contributed by atoms with Crippen LogP contribution in [0.1, 0.15) is 18.5 Å². The molecule has 0 bridgehead atoms. The summed E-state index contributed by atoms with van der Waals surface area (Å²) in [6.45, 7) is 2.20. The SMILES string of the molecule is C[C@@H](NCC(=O)Nc1ccccc1Br)c1ccccc1Cl. The van der Waals surface area contributed by atoms with Gasteiger partial charge in [0.2, 0.25) is 5.91 Å². The van der Waals surface area contributed by atoms with Crippen molar-refractivity contribution in [3.8, 4) is 0 Å². The molecule has 2 aromatic carbocycles. The van der Waals surface area contributed by atoms with Gasteiger partial charge in [-0.05, 0) is 46.6 Å². The van der Waals surface area contributed by atoms with Crippen molar-refractivity contribution < 1.29 is 4.79 Å². The first-order chi connectivity index (χ1) is 10.1. The van der Waals surface area contributed by atoms with Crippen LogP contribution in [0.4, 0.5) is 5.69 Å². The zero-order chi connectivity index (χ0) is 15.2. The molecule has 0 heterocycles. The number of rotatable bonds is 5. The van der Waals surface area contributed by atoms with Gasteiger partial charge in [-0.15, -0.1) is 0 Å². The maximum Gasteiger partial charge on any atom is 0.238 e. The van der Waals surface area contributed by atoms with Gasteiger partial charge >= 0.3 is 0 Å². The number of nitrogens with one attached hydrogen (secondary N) is 2. The van der Waals surface area contributed by atoms with Crippen molar-refractivity contribution in [1.82, 2.24) is 5.32 Å². The molecule has 0 unspecified atom stereocenters. The van der Waals surface area contributed by atoms with E-state index >= 15 is 0 Å². The molecular formula is C16H16BrClN2O. The minimum Gasteiger partial charge on any atom is -0.324 e. The van der Waals surface area contributed by atoms with E-state index < -0.39 is 0 Å². The molecule has 0 fully saturated rings. The first-order valence-electron chi connectivity index (χ1n) is 6.60. The molecule has 0 spiro atoms. The van der Waals surface area contributed by atoms with Crippen molar-refractivity contribution in [1.29, 1.82) is 0 Å². The Morgan fingerprint density at radius 1 is 1.19 bits per heavy atom. The van der Waals surface area contributed by atoms with E-state index in [4.69, 9.17) is 11.6 Å². The van der Waals surface area contributed by atoms with E-state index in [2.05, 4.69) is 26.6 Å². The van der Waals surface area contributed by atoms with E-state index in [1.54, 1.807) is 0 Å². The molecule has 0 aliphatic rings. The fourth-order valence-electron chi connectivity index (χ4n) is 1.94. The number of hydrogen-bond acceptors (Lipinski definition) is 2. The van der Waals surface area contributed by atoms with Crippen LogP contribution in [-0.4, -0.2) is 12.5 Å². The minimum atomic E-state index is -0.0965. The Morgan fingerprint density at radius 2 is 1.86 bits per heavy atom. The van der Waals surface area contributed by atoms with Gasteiger partial charge < -0.3 is 10.6 Å². The average molecular weight is 368 g/mol. The summed E-state index contributed by atoms with van der Waals surface area (Å²) in [7, 11) is 0. The summed E-state index contributed by atoms with van der Waals surface area (Å²) in [5.74, 6) is -0.0965. The van der Waals surface area contributed by atoms with E-state index in [-0.39, 0.29) is 18.5 Å². The number of carbonyl (C=O) groups excluding carboxylic acids is 1. The van der Waals surface area contributed by atoms with E-state index in [1.165, 1.54) is 0 Å². The summed E-state index contributed by atoms with van der Waals surface area (Å²) in [5.41, 5.74) is 1.74. The molecule has 0 saturated heterocycles. The van der Waals surface area contributed by atoms with Crippen molar-refractivity contribution in [3.63, 3.8) is 0 Å². The maximum atomic E-state index is 12.0. The highest BCUT2D eigenvalue weighted by Gasteiger charge is 2.11. The van der Waals surface area contributed by atoms with Crippen molar-refractivity contribution in [2.45, 2.75) is 13.0 Å². The lowest BCUT2D eigenvalue weighted by Crippen LogP contribution is -2.30. The first-order valence-corrected chi connectivity index (χ1v) is 7.77. The van der Waals surface area contributed by atoms with Gasteiger partial charge in [0, 0.05) is 15.5 Å². The normalized spacial score (nSPS) is 12.0. The Balaban J connectivity index is 1.90. The van der Waals surface area contributed by atoms with Gasteiger partial charge in [0.15, 0.2) is 0 Å². The van der Waals surface area contributed by atoms with Crippen LogP contribution < -0.4 is 10.6 Å². The third-order valence-electron chi connectivity index (χ3n) is 3.09. The van der Waals surface area contributed by atoms with Crippen LogP contribution in [0.25, 0.3) is 0 Å². The summed E-state index contributed by atoms with van der Waals surface area (Å²) >= 11 is 9.54. The molecule has 0 aliphatic carbocycles. The lowest BCUT2D eigenvalue weighted by molar-refractivity contribution is -0.115. The highest BCUT2D eigenvalue weighted by atomic mass is 79.9. The van der Waals surface area contributed by atoms with Gasteiger partial charge in [0.05, 0.1) is 12.2 Å². The van der Waals surface area contributed by atoms with Crippen LogP contribution in [0.5, 0.6) is 0 Å². The Bertz CT molecular complexity index is 633. The van der Waals surface area contributed by atoms with Crippen LogP contribution in [0.15, 0.2) is 53.0 Å². The monoisotopic (exact) mass is 366 g/mol. The van der Waals surface area contributed by atoms with Crippen LogP contribution in [0.3, 0.4) is 0 Å². The zero-order valence-corrected chi connectivity index (χ0v) is 13.9. The molecule has 110 valence electrons. The molecule has 1 amide bonds. The third kappa shape index (κ3) is 4.56. The molecular weight excluding hydrogens is 352 g/mol. The summed E-state index contributed by atoms with van der Waals surface area (Å²) in [6.07, 6.45) is 0. The lowest BCUT2D eigenvalue weighted by Gasteiger charge is -2.15. The Labute approximate surface area is 137 Å². The number of halogens is 2. The van der Waals surface area contributed by atoms with E-state index in [1.807, 2.05) is 55.5 Å². The standard InChI is InChI=1S/C16H16BrClN2O/c1-11(12-6-2-4-8-14(12)18)19-10-16(21)20-15-9-5-3-7-13(15)17/h2-9,11,19H,10H2,1H3,(H,20,21)/t11-/m1/s1. The van der Waals surface area contributed by atoms with Crippen molar-refractivity contribution in [2.75, 3.05) is 11.9 Å². The van der Waals surface area contributed by atoms with Crippen molar-refractivity contribution in [3.05, 3.63) is 63.6 Å². The number of carbonyl (C=O) groups is 1. The van der Waals surface area contributed by atoms with Crippen LogP contribution in [0, 0.1) is 0 Å². The van der Waals surface area contributed by atoms with Crippen LogP contribution in [-0.2, 0) is 4.79 Å². The quantitative estimate of drug-likeness (QED) is 0.823. The molecule has 0 saturated carbocycles. The van der Waals surface area contributed by atoms with Gasteiger partial charge in [-0.25, -0.2) is 0 Å². The summed E-state index contributed by atoms with van der Waals surface area (Å²) in [4.78, 5) is 12.0. The zero-order valence-electron chi connectivity index (χ0n) is 11.6. The lowest BCUT2D eigenvalue weighted by atomic mass is 10.1. The van der Waals surface area contributed by atoms with Gasteiger partial charge in [-0.2, -0.15) is 0 Å². The van der Waals surface area contributed by atoms with Crippen molar-refractivity contribution in [2.24, 2.45) is 0 Å². The Morgan fingerprint density at radius 3 is 2.57 bits per heavy atom. The summed E-state index contributed by atoms with van der Waals surface area (Å²) in [6, 6.07) is 15.1. The van der Waals surface area contributed by atoms with Gasteiger partial charge in [-0.3, -0.25) is 4.79 Å². The van der Waals surface area contributed by atoms with E-state index in [9.17, 15) is 4.79 Å². The maximum absolute atomic E-state index is 12.0. The fraction of sp³-hybridized carbons (Fsp3) is 0.188. The highest BCUT2D eigenvalue weighted by molar-refractivity contribution is 9.10. The van der Waals surface area contributed by atoms with E-state index in [0.29, 0.717) is 5.02 Å². The molecule has 0 aromatic heterocycles. The fourth-order valence-corrected chi connectivity index (χ4v) is 2.62. The minimum absolute atomic E-state index is 0.00339. The summed E-state index contributed by atoms with van der Waals surface area (Å²) in [5, 5.41) is 6.72. The molecule has 3 nitrogen and oxygen atoms in total. The van der Waals surface area contributed by atoms with Gasteiger partial charge in [0.1, 0.15) is 0 Å². The molecule has 0 aliphatic heterocycles. The highest BCUT2D eigenvalue weighted by Crippen LogP contribution is 2.22. The number of benzene rings is 2. The van der Waals surface area contributed by atoms with Crippen LogP contribution in [0.2, 0.25) is 5.02 Å². The smallest absolute Gasteiger partial charge is 0.238 e. The van der Waals surface area contributed by atoms with Crippen molar-refractivity contribution >= 4 is 39.1 Å². The predicted molar refractivity (Wildman–Crippen MR) is 90.6 cm³/mol. The molecule has 1 atom stereocenters. The third-order valence-corrected chi connectivity index (χ3v) is 4.12. The number of para-hydroxylation sites is 1. The molecule has 21 heavy (non-hydrogen) atoms. The van der Waals surface area contributed by atoms with Gasteiger partial charge in [-0.1, -0.05) is 41.9 Å². The average Bonchev–Trinajstić information content (AvgIpc) is 2.48. The second kappa shape index (κ2) is 7.59. The number of hydrogen-bond donors (Lipinski definition) is 2. The number of anilines is 1. The van der Waals surface area contributed by atoms with Gasteiger partial charge in [0.25, 0.3) is 0 Å².